The fraction of sp³-hybridized carbons (Fsp3) is 1.00. The first-order valence-electron chi connectivity index (χ1n) is 6.30. The number of hydrogen-bond acceptors (Lipinski definition) is 2. The lowest BCUT2D eigenvalue weighted by Gasteiger charge is -2.30. The summed E-state index contributed by atoms with van der Waals surface area (Å²) in [6.07, 6.45) is 7.00. The molecule has 1 atom stereocenters. The lowest BCUT2D eigenvalue weighted by Crippen LogP contribution is -2.36. The SMILES string of the molecule is CC1CCN(CC[C@H]2CCCN2)CC1. The molecule has 0 unspecified atom stereocenters. The van der Waals surface area contributed by atoms with Crippen LogP contribution in [0.3, 0.4) is 0 Å². The van der Waals surface area contributed by atoms with E-state index in [0.717, 1.165) is 12.0 Å². The third-order valence-corrected chi connectivity index (χ3v) is 3.83. The third-order valence-electron chi connectivity index (χ3n) is 3.83. The van der Waals surface area contributed by atoms with E-state index in [1.54, 1.807) is 0 Å². The van der Waals surface area contributed by atoms with Gasteiger partial charge in [0.1, 0.15) is 0 Å². The Balaban J connectivity index is 1.60. The van der Waals surface area contributed by atoms with Gasteiger partial charge >= 0.3 is 0 Å². The summed E-state index contributed by atoms with van der Waals surface area (Å²) in [5, 5.41) is 3.58. The van der Waals surface area contributed by atoms with Gasteiger partial charge in [-0.1, -0.05) is 6.92 Å². The van der Waals surface area contributed by atoms with Crippen LogP contribution in [-0.4, -0.2) is 37.1 Å². The molecule has 0 aliphatic carbocycles. The molecule has 0 radical (unpaired) electrons. The highest BCUT2D eigenvalue weighted by molar-refractivity contribution is 4.77. The number of nitrogens with zero attached hydrogens (tertiary/aromatic N) is 1. The van der Waals surface area contributed by atoms with Crippen molar-refractivity contribution in [3.8, 4) is 0 Å². The smallest absolute Gasteiger partial charge is 0.00797 e. The Morgan fingerprint density at radius 2 is 2.00 bits per heavy atom. The molecule has 0 amide bonds. The predicted octanol–water partition coefficient (Wildman–Crippen LogP) is 1.86. The second-order valence-corrected chi connectivity index (χ2v) is 5.11. The molecule has 0 aromatic rings. The molecule has 1 N–H and O–H groups in total. The van der Waals surface area contributed by atoms with Gasteiger partial charge in [0.2, 0.25) is 0 Å². The molecular formula is C12H24N2. The highest BCUT2D eigenvalue weighted by atomic mass is 15.1. The van der Waals surface area contributed by atoms with Crippen molar-refractivity contribution >= 4 is 0 Å². The first-order chi connectivity index (χ1) is 6.84. The summed E-state index contributed by atoms with van der Waals surface area (Å²) in [5.74, 6) is 0.968. The highest BCUT2D eigenvalue weighted by Gasteiger charge is 2.18. The van der Waals surface area contributed by atoms with E-state index < -0.39 is 0 Å². The van der Waals surface area contributed by atoms with E-state index in [1.165, 1.54) is 58.3 Å². The summed E-state index contributed by atoms with van der Waals surface area (Å²) in [7, 11) is 0. The third kappa shape index (κ3) is 2.96. The molecule has 14 heavy (non-hydrogen) atoms. The van der Waals surface area contributed by atoms with Crippen LogP contribution in [0.5, 0.6) is 0 Å². The molecule has 2 aliphatic heterocycles. The van der Waals surface area contributed by atoms with Gasteiger partial charge in [0.15, 0.2) is 0 Å². The Kier molecular flexibility index (Phi) is 3.82. The Labute approximate surface area is 88.1 Å². The summed E-state index contributed by atoms with van der Waals surface area (Å²) in [6.45, 7) is 7.64. The fourth-order valence-electron chi connectivity index (χ4n) is 2.63. The van der Waals surface area contributed by atoms with Crippen LogP contribution >= 0.6 is 0 Å². The Hall–Kier alpha value is -0.0800. The largest absolute Gasteiger partial charge is 0.314 e. The average molecular weight is 196 g/mol. The van der Waals surface area contributed by atoms with Crippen LogP contribution < -0.4 is 5.32 Å². The highest BCUT2D eigenvalue weighted by Crippen LogP contribution is 2.17. The van der Waals surface area contributed by atoms with Crippen molar-refractivity contribution in [1.29, 1.82) is 0 Å². The predicted molar refractivity (Wildman–Crippen MR) is 60.5 cm³/mol. The van der Waals surface area contributed by atoms with Gasteiger partial charge in [-0.2, -0.15) is 0 Å². The number of nitrogens with one attached hydrogen (secondary N) is 1. The Morgan fingerprint density at radius 3 is 2.64 bits per heavy atom. The van der Waals surface area contributed by atoms with Crippen LogP contribution in [0.25, 0.3) is 0 Å². The van der Waals surface area contributed by atoms with E-state index in [4.69, 9.17) is 0 Å². The van der Waals surface area contributed by atoms with Crippen LogP contribution in [0.4, 0.5) is 0 Å². The van der Waals surface area contributed by atoms with Crippen LogP contribution in [0.15, 0.2) is 0 Å². The molecule has 2 saturated heterocycles. The molecule has 2 nitrogen and oxygen atoms in total. The molecule has 0 saturated carbocycles. The van der Waals surface area contributed by atoms with E-state index in [1.807, 2.05) is 0 Å². The molecule has 2 aliphatic rings. The molecule has 82 valence electrons. The topological polar surface area (TPSA) is 15.3 Å². The Morgan fingerprint density at radius 1 is 1.21 bits per heavy atom. The standard InChI is InChI=1S/C12H24N2/c1-11-4-8-14(9-5-11)10-6-12-3-2-7-13-12/h11-13H,2-10H2,1H3/t12-/m1/s1. The summed E-state index contributed by atoms with van der Waals surface area (Å²) >= 11 is 0. The number of hydrogen-bond donors (Lipinski definition) is 1. The van der Waals surface area contributed by atoms with Crippen molar-refractivity contribution in [3.05, 3.63) is 0 Å². The van der Waals surface area contributed by atoms with Gasteiger partial charge in [-0.15, -0.1) is 0 Å². The van der Waals surface area contributed by atoms with Crippen LogP contribution in [0, 0.1) is 5.92 Å². The van der Waals surface area contributed by atoms with E-state index in [-0.39, 0.29) is 0 Å². The maximum absolute atomic E-state index is 3.58. The van der Waals surface area contributed by atoms with E-state index in [0.29, 0.717) is 0 Å². The molecule has 0 bridgehead atoms. The van der Waals surface area contributed by atoms with Gasteiger partial charge in [-0.25, -0.2) is 0 Å². The van der Waals surface area contributed by atoms with Crippen molar-refractivity contribution in [2.24, 2.45) is 5.92 Å². The maximum atomic E-state index is 3.58. The molecule has 2 heterocycles. The quantitative estimate of drug-likeness (QED) is 0.741. The summed E-state index contributed by atoms with van der Waals surface area (Å²) in [6, 6.07) is 0.828. The zero-order chi connectivity index (χ0) is 9.80. The first kappa shape index (κ1) is 10.4. The molecule has 0 spiro atoms. The van der Waals surface area contributed by atoms with Crippen molar-refractivity contribution < 1.29 is 0 Å². The van der Waals surface area contributed by atoms with Crippen LogP contribution in [0.1, 0.15) is 39.0 Å². The second-order valence-electron chi connectivity index (χ2n) is 5.11. The van der Waals surface area contributed by atoms with E-state index in [9.17, 15) is 0 Å². The van der Waals surface area contributed by atoms with Crippen molar-refractivity contribution in [2.45, 2.75) is 45.1 Å². The minimum absolute atomic E-state index is 0.828. The lowest BCUT2D eigenvalue weighted by atomic mass is 9.99. The molecule has 2 rings (SSSR count). The molecule has 0 aromatic carbocycles. The number of rotatable bonds is 3. The number of likely N-dealkylation sites (tertiary alicyclic amines) is 1. The second kappa shape index (κ2) is 5.13. The molecule has 0 aromatic heterocycles. The molecule has 2 fully saturated rings. The van der Waals surface area contributed by atoms with Crippen LogP contribution in [-0.2, 0) is 0 Å². The average Bonchev–Trinajstić information content (AvgIpc) is 2.70. The minimum Gasteiger partial charge on any atom is -0.314 e. The zero-order valence-corrected chi connectivity index (χ0v) is 9.47. The summed E-state index contributed by atoms with van der Waals surface area (Å²) < 4.78 is 0. The van der Waals surface area contributed by atoms with Crippen LogP contribution in [0.2, 0.25) is 0 Å². The fourth-order valence-corrected chi connectivity index (χ4v) is 2.63. The lowest BCUT2D eigenvalue weighted by molar-refractivity contribution is 0.185. The van der Waals surface area contributed by atoms with E-state index >= 15 is 0 Å². The van der Waals surface area contributed by atoms with Gasteiger partial charge in [-0.3, -0.25) is 0 Å². The van der Waals surface area contributed by atoms with Crippen molar-refractivity contribution in [3.63, 3.8) is 0 Å². The minimum atomic E-state index is 0.828. The number of piperidine rings is 1. The normalized spacial score (nSPS) is 31.1. The van der Waals surface area contributed by atoms with Gasteiger partial charge < -0.3 is 10.2 Å². The van der Waals surface area contributed by atoms with Gasteiger partial charge in [0, 0.05) is 6.04 Å². The van der Waals surface area contributed by atoms with Gasteiger partial charge in [0.25, 0.3) is 0 Å². The zero-order valence-electron chi connectivity index (χ0n) is 9.47. The monoisotopic (exact) mass is 196 g/mol. The first-order valence-corrected chi connectivity index (χ1v) is 6.30. The van der Waals surface area contributed by atoms with E-state index in [2.05, 4.69) is 17.1 Å². The van der Waals surface area contributed by atoms with Gasteiger partial charge in [0.05, 0.1) is 0 Å². The summed E-state index contributed by atoms with van der Waals surface area (Å²) in [5.41, 5.74) is 0. The van der Waals surface area contributed by atoms with Crippen molar-refractivity contribution in [1.82, 2.24) is 10.2 Å². The molecule has 2 heteroatoms. The van der Waals surface area contributed by atoms with Gasteiger partial charge in [-0.05, 0) is 64.2 Å². The molecular weight excluding hydrogens is 172 g/mol. The van der Waals surface area contributed by atoms with Crippen molar-refractivity contribution in [2.75, 3.05) is 26.2 Å². The summed E-state index contributed by atoms with van der Waals surface area (Å²) in [4.78, 5) is 2.65. The Bertz CT molecular complexity index is 156. The maximum Gasteiger partial charge on any atom is 0.00797 e.